The summed E-state index contributed by atoms with van der Waals surface area (Å²) in [7, 11) is 0. The van der Waals surface area contributed by atoms with Gasteiger partial charge in [-0.25, -0.2) is 5.43 Å². The molecule has 5 rings (SSSR count). The van der Waals surface area contributed by atoms with Crippen molar-refractivity contribution in [2.45, 2.75) is 84.4 Å². The number of pyridine rings is 1. The molecule has 1 spiro atoms. The lowest BCUT2D eigenvalue weighted by Gasteiger charge is -2.41. The number of nitrogens with zero attached hydrogens (tertiary/aromatic N) is 2. The van der Waals surface area contributed by atoms with Crippen molar-refractivity contribution in [1.29, 1.82) is 0 Å². The highest BCUT2D eigenvalue weighted by Gasteiger charge is 2.47. The molecule has 1 aromatic heterocycles. The molecule has 3 N–H and O–H groups in total. The van der Waals surface area contributed by atoms with Crippen LogP contribution in [-0.2, 0) is 33.4 Å². The summed E-state index contributed by atoms with van der Waals surface area (Å²) in [6, 6.07) is 7.60. The van der Waals surface area contributed by atoms with E-state index in [1.165, 1.54) is 5.01 Å². The molecule has 0 saturated carbocycles. The number of nitrogens with one attached hydrogen (secondary N) is 3. The summed E-state index contributed by atoms with van der Waals surface area (Å²) in [6.45, 7) is 10.8. The van der Waals surface area contributed by atoms with Crippen molar-refractivity contribution in [3.8, 4) is 0 Å². The Morgan fingerprint density at radius 3 is 2.36 bits per heavy atom. The van der Waals surface area contributed by atoms with Crippen molar-refractivity contribution in [3.05, 3.63) is 47.7 Å². The van der Waals surface area contributed by atoms with Crippen molar-refractivity contribution >= 4 is 40.7 Å². The molecule has 45 heavy (non-hydrogen) atoms. The van der Waals surface area contributed by atoms with Crippen molar-refractivity contribution in [3.63, 3.8) is 0 Å². The Balaban J connectivity index is 1.54. The summed E-state index contributed by atoms with van der Waals surface area (Å²) >= 11 is 0. The van der Waals surface area contributed by atoms with E-state index in [1.54, 1.807) is 46.8 Å². The molecule has 0 unspecified atom stereocenters. The number of aromatic nitrogens is 1. The second-order valence-electron chi connectivity index (χ2n) is 13.0. The molecule has 3 amide bonds. The third-order valence-electron chi connectivity index (χ3n) is 8.49. The number of carbonyl (C=O) groups is 4. The lowest BCUT2D eigenvalue weighted by molar-refractivity contribution is -0.277. The number of cyclic esters (lactones) is 1. The van der Waals surface area contributed by atoms with Gasteiger partial charge in [0.1, 0.15) is 17.5 Å². The number of ether oxygens (including phenoxy) is 3. The van der Waals surface area contributed by atoms with Gasteiger partial charge in [-0.05, 0) is 64.2 Å². The van der Waals surface area contributed by atoms with Crippen LogP contribution in [0, 0.1) is 11.3 Å². The summed E-state index contributed by atoms with van der Waals surface area (Å²) in [4.78, 5) is 58.8. The van der Waals surface area contributed by atoms with E-state index in [2.05, 4.69) is 16.1 Å². The van der Waals surface area contributed by atoms with Gasteiger partial charge in [0.25, 0.3) is 11.8 Å². The van der Waals surface area contributed by atoms with Crippen LogP contribution in [0.4, 0.5) is 0 Å². The smallest absolute Gasteiger partial charge is 0.321 e. The predicted octanol–water partition coefficient (Wildman–Crippen LogP) is 2.78. The van der Waals surface area contributed by atoms with Crippen LogP contribution in [0.25, 0.3) is 17.0 Å². The van der Waals surface area contributed by atoms with Crippen LogP contribution in [0.3, 0.4) is 0 Å². The Morgan fingerprint density at radius 2 is 1.64 bits per heavy atom. The summed E-state index contributed by atoms with van der Waals surface area (Å²) in [5.41, 5.74) is 3.87. The molecular formula is C33H43N5O7. The monoisotopic (exact) mass is 621 g/mol. The van der Waals surface area contributed by atoms with Crippen LogP contribution >= 0.6 is 0 Å². The van der Waals surface area contributed by atoms with Gasteiger partial charge in [-0.1, -0.05) is 44.2 Å². The van der Waals surface area contributed by atoms with Gasteiger partial charge in [-0.3, -0.25) is 29.2 Å². The normalized spacial score (nSPS) is 27.8. The molecule has 4 heterocycles. The summed E-state index contributed by atoms with van der Waals surface area (Å²) in [5.74, 6) is -3.23. The molecule has 2 fully saturated rings. The Labute approximate surface area is 263 Å². The minimum Gasteiger partial charge on any atom is -0.451 e. The topological polar surface area (TPSA) is 148 Å². The molecule has 0 radical (unpaired) electrons. The Bertz CT molecular complexity index is 1500. The first kappa shape index (κ1) is 32.5. The van der Waals surface area contributed by atoms with Gasteiger partial charge in [0, 0.05) is 11.9 Å². The van der Waals surface area contributed by atoms with E-state index in [1.807, 2.05) is 37.3 Å². The SMILES string of the molecule is CC(C)[C@@H]1OC(=O)C2(C=Cc3ccc4ccc(nc4c3)[C@@H](C)NC(=O)[C@@H]3CCCN(N3)C(=O)[C@H](C)NC1=O)COC(C)(C)OC2. The van der Waals surface area contributed by atoms with Crippen LogP contribution in [-0.4, -0.2) is 77.4 Å². The number of rotatable bonds is 1. The zero-order valence-electron chi connectivity index (χ0n) is 26.7. The molecular weight excluding hydrogens is 578 g/mol. The highest BCUT2D eigenvalue weighted by atomic mass is 16.7. The van der Waals surface area contributed by atoms with Crippen LogP contribution in [0.1, 0.15) is 71.7 Å². The maximum absolute atomic E-state index is 13.9. The first-order valence-corrected chi connectivity index (χ1v) is 15.5. The fraction of sp³-hybridized carbons (Fsp3) is 0.545. The average Bonchev–Trinajstić information content (AvgIpc) is 3.01. The minimum atomic E-state index is -1.33. The summed E-state index contributed by atoms with van der Waals surface area (Å²) < 4.78 is 17.7. The number of benzene rings is 1. The van der Waals surface area contributed by atoms with E-state index in [0.717, 1.165) is 10.9 Å². The Hall–Kier alpha value is -3.87. The van der Waals surface area contributed by atoms with Gasteiger partial charge in [-0.15, -0.1) is 0 Å². The van der Waals surface area contributed by atoms with Crippen molar-refractivity contribution in [2.75, 3.05) is 19.8 Å². The van der Waals surface area contributed by atoms with Gasteiger partial charge in [0.2, 0.25) is 5.91 Å². The fourth-order valence-corrected chi connectivity index (χ4v) is 5.56. The van der Waals surface area contributed by atoms with E-state index < -0.39 is 59.1 Å². The Morgan fingerprint density at radius 1 is 0.956 bits per heavy atom. The van der Waals surface area contributed by atoms with Crippen LogP contribution < -0.4 is 16.1 Å². The van der Waals surface area contributed by atoms with Crippen LogP contribution in [0.15, 0.2) is 36.4 Å². The number of hydrogen-bond acceptors (Lipinski definition) is 9. The zero-order chi connectivity index (χ0) is 32.5. The second kappa shape index (κ2) is 12.9. The number of esters is 1. The fourth-order valence-electron chi connectivity index (χ4n) is 5.56. The lowest BCUT2D eigenvalue weighted by atomic mass is 9.87. The first-order valence-electron chi connectivity index (χ1n) is 15.5. The third-order valence-corrected chi connectivity index (χ3v) is 8.49. The maximum atomic E-state index is 13.9. The molecule has 2 aromatic rings. The first-order chi connectivity index (χ1) is 21.3. The second-order valence-corrected chi connectivity index (χ2v) is 13.0. The number of carbonyl (C=O) groups excluding carboxylic acids is 4. The number of amides is 3. The predicted molar refractivity (Wildman–Crippen MR) is 166 cm³/mol. The van der Waals surface area contributed by atoms with Crippen molar-refractivity contribution in [2.24, 2.45) is 11.3 Å². The molecule has 5 bridgehead atoms. The minimum absolute atomic E-state index is 0.0222. The van der Waals surface area contributed by atoms with E-state index in [-0.39, 0.29) is 19.1 Å². The van der Waals surface area contributed by atoms with E-state index in [4.69, 9.17) is 19.2 Å². The lowest BCUT2D eigenvalue weighted by Crippen LogP contribution is -2.61. The average molecular weight is 622 g/mol. The number of fused-ring (bicyclic) bond motifs is 4. The molecule has 3 aliphatic heterocycles. The third kappa shape index (κ3) is 7.18. The van der Waals surface area contributed by atoms with Gasteiger partial charge in [0.15, 0.2) is 11.9 Å². The van der Waals surface area contributed by atoms with Gasteiger partial charge < -0.3 is 24.8 Å². The van der Waals surface area contributed by atoms with Gasteiger partial charge >= 0.3 is 5.97 Å². The van der Waals surface area contributed by atoms with E-state index in [0.29, 0.717) is 30.6 Å². The largest absolute Gasteiger partial charge is 0.451 e. The van der Waals surface area contributed by atoms with Crippen molar-refractivity contribution in [1.82, 2.24) is 26.1 Å². The Kier molecular flexibility index (Phi) is 9.29. The highest BCUT2D eigenvalue weighted by molar-refractivity contribution is 5.92. The molecule has 242 valence electrons. The molecule has 4 atom stereocenters. The van der Waals surface area contributed by atoms with E-state index >= 15 is 0 Å². The number of hydrogen-bond donors (Lipinski definition) is 3. The summed E-state index contributed by atoms with van der Waals surface area (Å²) in [5, 5.41) is 8.01. The molecule has 2 saturated heterocycles. The molecule has 0 aliphatic carbocycles. The molecule has 3 aliphatic rings. The highest BCUT2D eigenvalue weighted by Crippen LogP contribution is 2.34. The van der Waals surface area contributed by atoms with Crippen LogP contribution in [0.2, 0.25) is 0 Å². The maximum Gasteiger partial charge on any atom is 0.321 e. The number of hydrazine groups is 1. The van der Waals surface area contributed by atoms with Crippen molar-refractivity contribution < 1.29 is 33.4 Å². The van der Waals surface area contributed by atoms with Gasteiger partial charge in [-0.2, -0.15) is 0 Å². The van der Waals surface area contributed by atoms with E-state index in [9.17, 15) is 19.2 Å². The molecule has 1 aromatic carbocycles. The van der Waals surface area contributed by atoms with Gasteiger partial charge in [0.05, 0.1) is 30.5 Å². The quantitative estimate of drug-likeness (QED) is 0.409. The zero-order valence-corrected chi connectivity index (χ0v) is 26.7. The standard InChI is InChI=1S/C33H43N5O7/c1-19(2)27-29(40)35-21(4)30(41)38-15-7-8-25(37-38)28(39)34-20(3)24-12-11-23-10-9-22(16-26(23)36-24)13-14-33(31(42)45-27)17-43-32(5,6)44-18-33/h9-14,16,19-21,25,27,37H,7-8,15,17-18H2,1-6H3,(H,34,39)(H,35,40)/t20-,21+,25+,27+/m1/s1. The van der Waals surface area contributed by atoms with Crippen LogP contribution in [0.5, 0.6) is 0 Å². The summed E-state index contributed by atoms with van der Waals surface area (Å²) in [6.07, 6.45) is 3.45. The molecule has 12 nitrogen and oxygen atoms in total. The molecule has 12 heteroatoms.